The summed E-state index contributed by atoms with van der Waals surface area (Å²) in [6, 6.07) is 5.61. The lowest BCUT2D eigenvalue weighted by molar-refractivity contribution is -0.144. The molecule has 21 heavy (non-hydrogen) atoms. The number of carboxylic acid groups (broad SMARTS) is 1. The molecule has 2 N–H and O–H groups in total. The first-order chi connectivity index (χ1) is 10.1. The van der Waals surface area contributed by atoms with E-state index >= 15 is 0 Å². The average Bonchev–Trinajstić information content (AvgIpc) is 3.14. The van der Waals surface area contributed by atoms with Crippen LogP contribution in [0.5, 0.6) is 11.5 Å². The van der Waals surface area contributed by atoms with E-state index in [0.717, 1.165) is 18.4 Å². The van der Waals surface area contributed by atoms with Crippen LogP contribution in [0.1, 0.15) is 24.8 Å². The maximum absolute atomic E-state index is 11.5. The Morgan fingerprint density at radius 3 is 2.90 bits per heavy atom. The van der Waals surface area contributed by atoms with Crippen LogP contribution < -0.4 is 14.8 Å². The number of rotatable bonds is 6. The maximum atomic E-state index is 11.5. The minimum absolute atomic E-state index is 0.000788. The number of ether oxygens (including phenoxy) is 2. The smallest absolute Gasteiger partial charge is 0.345 e. The minimum atomic E-state index is -0.967. The molecular formula is C15H17NO5. The molecule has 1 aliphatic heterocycles. The summed E-state index contributed by atoms with van der Waals surface area (Å²) in [5, 5.41) is 11.8. The summed E-state index contributed by atoms with van der Waals surface area (Å²) in [7, 11) is 0. The lowest BCUT2D eigenvalue weighted by atomic mass is 10.1. The predicted molar refractivity (Wildman–Crippen MR) is 73.5 cm³/mol. The molecule has 1 aromatic rings. The van der Waals surface area contributed by atoms with Gasteiger partial charge in [-0.25, -0.2) is 4.79 Å². The zero-order valence-electron chi connectivity index (χ0n) is 11.5. The first kappa shape index (κ1) is 13.7. The van der Waals surface area contributed by atoms with Gasteiger partial charge in [-0.2, -0.15) is 0 Å². The Morgan fingerprint density at radius 1 is 1.38 bits per heavy atom. The van der Waals surface area contributed by atoms with Crippen molar-refractivity contribution in [2.75, 3.05) is 6.61 Å². The van der Waals surface area contributed by atoms with E-state index in [9.17, 15) is 9.59 Å². The van der Waals surface area contributed by atoms with Gasteiger partial charge >= 0.3 is 5.97 Å². The molecule has 1 aliphatic carbocycles. The molecule has 0 radical (unpaired) electrons. The standard InChI is InChI=1S/C15H17NO5/c17-14(16-10-2-3-10)5-6-20-11-4-1-9-7-13(15(18)19)21-12(9)8-11/h1,4,8,10,13H,2-3,5-7H2,(H,16,17)(H,18,19). The average molecular weight is 291 g/mol. The van der Waals surface area contributed by atoms with Crippen molar-refractivity contribution in [1.82, 2.24) is 5.32 Å². The molecule has 0 spiro atoms. The van der Waals surface area contributed by atoms with Crippen molar-refractivity contribution in [2.45, 2.75) is 37.8 Å². The van der Waals surface area contributed by atoms with E-state index in [1.54, 1.807) is 18.2 Å². The summed E-state index contributed by atoms with van der Waals surface area (Å²) in [6.07, 6.45) is 2.00. The Morgan fingerprint density at radius 2 is 2.19 bits per heavy atom. The molecule has 1 heterocycles. The number of hydrogen-bond donors (Lipinski definition) is 2. The number of carbonyl (C=O) groups is 2. The van der Waals surface area contributed by atoms with E-state index in [-0.39, 0.29) is 5.91 Å². The van der Waals surface area contributed by atoms with E-state index in [4.69, 9.17) is 14.6 Å². The van der Waals surface area contributed by atoms with Crippen LogP contribution in [-0.4, -0.2) is 35.7 Å². The van der Waals surface area contributed by atoms with Crippen LogP contribution in [0.3, 0.4) is 0 Å². The largest absolute Gasteiger partial charge is 0.493 e. The second-order valence-electron chi connectivity index (χ2n) is 5.36. The number of fused-ring (bicyclic) bond motifs is 1. The second kappa shape index (κ2) is 5.63. The van der Waals surface area contributed by atoms with Crippen molar-refractivity contribution in [3.8, 4) is 11.5 Å². The molecule has 1 fully saturated rings. The summed E-state index contributed by atoms with van der Waals surface area (Å²) in [6.45, 7) is 0.291. The molecule has 0 bridgehead atoms. The molecule has 1 amide bonds. The van der Waals surface area contributed by atoms with E-state index in [1.807, 2.05) is 0 Å². The van der Waals surface area contributed by atoms with Gasteiger partial charge in [-0.05, 0) is 24.5 Å². The van der Waals surface area contributed by atoms with Gasteiger partial charge in [0.05, 0.1) is 13.0 Å². The Balaban J connectivity index is 1.50. The number of carbonyl (C=O) groups excluding carboxylic acids is 1. The van der Waals surface area contributed by atoms with Gasteiger partial charge < -0.3 is 19.9 Å². The molecular weight excluding hydrogens is 274 g/mol. The van der Waals surface area contributed by atoms with Crippen LogP contribution in [0.15, 0.2) is 18.2 Å². The van der Waals surface area contributed by atoms with Crippen LogP contribution >= 0.6 is 0 Å². The Labute approximate surface area is 122 Å². The normalized spacial score (nSPS) is 19.5. The highest BCUT2D eigenvalue weighted by atomic mass is 16.5. The van der Waals surface area contributed by atoms with Gasteiger partial charge in [-0.15, -0.1) is 0 Å². The zero-order chi connectivity index (χ0) is 14.8. The third kappa shape index (κ3) is 3.45. The van der Waals surface area contributed by atoms with Crippen molar-refractivity contribution in [3.05, 3.63) is 23.8 Å². The summed E-state index contributed by atoms with van der Waals surface area (Å²) in [5.41, 5.74) is 0.862. The van der Waals surface area contributed by atoms with Gasteiger partial charge in [0.2, 0.25) is 5.91 Å². The first-order valence-electron chi connectivity index (χ1n) is 7.06. The van der Waals surface area contributed by atoms with Gasteiger partial charge in [-0.1, -0.05) is 6.07 Å². The molecule has 2 aliphatic rings. The van der Waals surface area contributed by atoms with Gasteiger partial charge in [-0.3, -0.25) is 4.79 Å². The topological polar surface area (TPSA) is 84.9 Å². The van der Waals surface area contributed by atoms with Crippen molar-refractivity contribution in [1.29, 1.82) is 0 Å². The van der Waals surface area contributed by atoms with Crippen LogP contribution in [0.25, 0.3) is 0 Å². The minimum Gasteiger partial charge on any atom is -0.493 e. The molecule has 0 aromatic heterocycles. The van der Waals surface area contributed by atoms with Crippen molar-refractivity contribution >= 4 is 11.9 Å². The fraction of sp³-hybridized carbons (Fsp3) is 0.467. The van der Waals surface area contributed by atoms with Gasteiger partial charge in [0.15, 0.2) is 6.10 Å². The summed E-state index contributed by atoms with van der Waals surface area (Å²) in [5.74, 6) is 0.160. The highest BCUT2D eigenvalue weighted by Crippen LogP contribution is 2.32. The molecule has 3 rings (SSSR count). The van der Waals surface area contributed by atoms with Crippen LogP contribution in [0.4, 0.5) is 0 Å². The van der Waals surface area contributed by atoms with E-state index < -0.39 is 12.1 Å². The molecule has 112 valence electrons. The zero-order valence-corrected chi connectivity index (χ0v) is 11.5. The monoisotopic (exact) mass is 291 g/mol. The molecule has 6 nitrogen and oxygen atoms in total. The lowest BCUT2D eigenvalue weighted by Gasteiger charge is -2.08. The third-order valence-electron chi connectivity index (χ3n) is 3.53. The fourth-order valence-electron chi connectivity index (χ4n) is 2.22. The van der Waals surface area contributed by atoms with Crippen molar-refractivity contribution in [2.24, 2.45) is 0 Å². The molecule has 1 atom stereocenters. The second-order valence-corrected chi connectivity index (χ2v) is 5.36. The maximum Gasteiger partial charge on any atom is 0.345 e. The molecule has 1 unspecified atom stereocenters. The lowest BCUT2D eigenvalue weighted by Crippen LogP contribution is -2.26. The number of benzene rings is 1. The summed E-state index contributed by atoms with van der Waals surface area (Å²) in [4.78, 5) is 22.4. The van der Waals surface area contributed by atoms with Gasteiger partial charge in [0.1, 0.15) is 11.5 Å². The summed E-state index contributed by atoms with van der Waals surface area (Å²) < 4.78 is 10.8. The Hall–Kier alpha value is -2.24. The number of aliphatic carboxylic acids is 1. The van der Waals surface area contributed by atoms with Gasteiger partial charge in [0.25, 0.3) is 0 Å². The third-order valence-corrected chi connectivity index (χ3v) is 3.53. The number of hydrogen-bond acceptors (Lipinski definition) is 4. The first-order valence-corrected chi connectivity index (χ1v) is 7.06. The number of carboxylic acids is 1. The fourth-order valence-corrected chi connectivity index (χ4v) is 2.22. The van der Waals surface area contributed by atoms with Crippen LogP contribution in [-0.2, 0) is 16.0 Å². The molecule has 6 heteroatoms. The number of amides is 1. The Bertz CT molecular complexity index is 567. The Kier molecular flexibility index (Phi) is 3.68. The van der Waals surface area contributed by atoms with Gasteiger partial charge in [0, 0.05) is 18.5 Å². The van der Waals surface area contributed by atoms with Crippen molar-refractivity contribution < 1.29 is 24.2 Å². The van der Waals surface area contributed by atoms with E-state index in [0.29, 0.717) is 37.0 Å². The van der Waals surface area contributed by atoms with Crippen LogP contribution in [0, 0.1) is 0 Å². The molecule has 1 aromatic carbocycles. The van der Waals surface area contributed by atoms with E-state index in [1.165, 1.54) is 0 Å². The predicted octanol–water partition coefficient (Wildman–Crippen LogP) is 1.12. The quantitative estimate of drug-likeness (QED) is 0.820. The molecule has 0 saturated heterocycles. The summed E-state index contributed by atoms with van der Waals surface area (Å²) >= 11 is 0. The molecule has 1 saturated carbocycles. The highest BCUT2D eigenvalue weighted by molar-refractivity contribution is 5.76. The van der Waals surface area contributed by atoms with Crippen LogP contribution in [0.2, 0.25) is 0 Å². The number of nitrogens with one attached hydrogen (secondary N) is 1. The van der Waals surface area contributed by atoms with Crippen molar-refractivity contribution in [3.63, 3.8) is 0 Å². The van der Waals surface area contributed by atoms with E-state index in [2.05, 4.69) is 5.32 Å². The SMILES string of the molecule is O=C(CCOc1ccc2c(c1)OC(C(=O)O)C2)NC1CC1. The highest BCUT2D eigenvalue weighted by Gasteiger charge is 2.29.